The zero-order valence-corrected chi connectivity index (χ0v) is 14.7. The summed E-state index contributed by atoms with van der Waals surface area (Å²) in [6.07, 6.45) is 4.11. The van der Waals surface area contributed by atoms with Crippen LogP contribution in [0.25, 0.3) is 10.9 Å². The summed E-state index contributed by atoms with van der Waals surface area (Å²) in [5.74, 6) is 0.346. The molecule has 128 valence electrons. The molecule has 6 heteroatoms. The van der Waals surface area contributed by atoms with Crippen LogP contribution in [-0.4, -0.2) is 35.5 Å². The number of carbonyl (C=O) groups excluding carboxylic acids is 1. The van der Waals surface area contributed by atoms with Crippen LogP contribution in [-0.2, 0) is 0 Å². The van der Waals surface area contributed by atoms with Crippen molar-refractivity contribution in [3.8, 4) is 0 Å². The third kappa shape index (κ3) is 3.64. The maximum absolute atomic E-state index is 12.4. The number of rotatable bonds is 4. The van der Waals surface area contributed by atoms with Crippen LogP contribution >= 0.6 is 11.3 Å². The van der Waals surface area contributed by atoms with Crippen molar-refractivity contribution < 1.29 is 4.79 Å². The minimum Gasteiger partial charge on any atom is -0.350 e. The van der Waals surface area contributed by atoms with E-state index in [0.717, 1.165) is 42.0 Å². The van der Waals surface area contributed by atoms with Gasteiger partial charge in [-0.25, -0.2) is 9.97 Å². The van der Waals surface area contributed by atoms with Gasteiger partial charge in [0.15, 0.2) is 5.13 Å². The van der Waals surface area contributed by atoms with E-state index in [-0.39, 0.29) is 5.91 Å². The zero-order chi connectivity index (χ0) is 17.1. The predicted molar refractivity (Wildman–Crippen MR) is 101 cm³/mol. The molecule has 1 aliphatic rings. The van der Waals surface area contributed by atoms with Crippen molar-refractivity contribution in [2.75, 3.05) is 24.5 Å². The van der Waals surface area contributed by atoms with Crippen molar-refractivity contribution in [2.45, 2.75) is 12.8 Å². The van der Waals surface area contributed by atoms with Gasteiger partial charge in [-0.15, -0.1) is 11.3 Å². The molecular weight excluding hydrogens is 332 g/mol. The first kappa shape index (κ1) is 16.0. The van der Waals surface area contributed by atoms with Crippen LogP contribution in [0.15, 0.2) is 48.0 Å². The molecule has 3 heterocycles. The fourth-order valence-corrected chi connectivity index (χ4v) is 3.98. The van der Waals surface area contributed by atoms with E-state index < -0.39 is 0 Å². The molecule has 1 N–H and O–H groups in total. The Hall–Kier alpha value is -2.47. The van der Waals surface area contributed by atoms with Gasteiger partial charge in [-0.2, -0.15) is 0 Å². The van der Waals surface area contributed by atoms with Gasteiger partial charge in [0, 0.05) is 36.6 Å². The number of thiazole rings is 1. The van der Waals surface area contributed by atoms with E-state index >= 15 is 0 Å². The second-order valence-corrected chi connectivity index (χ2v) is 7.24. The van der Waals surface area contributed by atoms with E-state index in [2.05, 4.69) is 20.2 Å². The van der Waals surface area contributed by atoms with Gasteiger partial charge in [0.1, 0.15) is 5.69 Å². The lowest BCUT2D eigenvalue weighted by Gasteiger charge is -2.32. The van der Waals surface area contributed by atoms with Gasteiger partial charge in [0.05, 0.1) is 5.52 Å². The third-order valence-corrected chi connectivity index (χ3v) is 5.42. The van der Waals surface area contributed by atoms with Gasteiger partial charge in [-0.1, -0.05) is 24.3 Å². The number of benzene rings is 1. The molecule has 3 aromatic rings. The van der Waals surface area contributed by atoms with Crippen molar-refractivity contribution in [2.24, 2.45) is 5.92 Å². The second-order valence-electron chi connectivity index (χ2n) is 6.37. The number of para-hydroxylation sites is 1. The van der Waals surface area contributed by atoms with Crippen molar-refractivity contribution in [1.82, 2.24) is 15.3 Å². The molecule has 1 saturated heterocycles. The SMILES string of the molecule is O=C(NCC1CCCN(c2nccs2)C1)c1ccc2ccccc2n1. The standard InChI is InChI=1S/C19H20N4OS/c24-18(17-8-7-15-5-1-2-6-16(15)22-17)21-12-14-4-3-10-23(13-14)19-20-9-11-25-19/h1-2,5-9,11,14H,3-4,10,12-13H2,(H,21,24). The molecule has 0 spiro atoms. The summed E-state index contributed by atoms with van der Waals surface area (Å²) in [7, 11) is 0. The largest absolute Gasteiger partial charge is 0.350 e. The highest BCUT2D eigenvalue weighted by atomic mass is 32.1. The zero-order valence-electron chi connectivity index (χ0n) is 13.9. The second kappa shape index (κ2) is 7.19. The van der Waals surface area contributed by atoms with Crippen molar-refractivity contribution in [3.05, 3.63) is 53.7 Å². The lowest BCUT2D eigenvalue weighted by Crippen LogP contribution is -2.41. The van der Waals surface area contributed by atoms with Crippen LogP contribution in [0.3, 0.4) is 0 Å². The lowest BCUT2D eigenvalue weighted by molar-refractivity contribution is 0.0941. The molecule has 1 fully saturated rings. The molecule has 25 heavy (non-hydrogen) atoms. The van der Waals surface area contributed by atoms with Gasteiger partial charge in [-0.05, 0) is 30.9 Å². The van der Waals surface area contributed by atoms with Crippen LogP contribution in [0.1, 0.15) is 23.3 Å². The molecule has 1 atom stereocenters. The number of nitrogens with one attached hydrogen (secondary N) is 1. The highest BCUT2D eigenvalue weighted by molar-refractivity contribution is 7.13. The molecule has 2 aromatic heterocycles. The third-order valence-electron chi connectivity index (χ3n) is 4.59. The Morgan fingerprint density at radius 3 is 3.08 bits per heavy atom. The average Bonchev–Trinajstić information content (AvgIpc) is 3.21. The Balaban J connectivity index is 1.37. The first-order valence-corrected chi connectivity index (χ1v) is 9.46. The molecule has 1 amide bonds. The number of aromatic nitrogens is 2. The van der Waals surface area contributed by atoms with E-state index in [9.17, 15) is 4.79 Å². The molecule has 1 aliphatic heterocycles. The Kier molecular flexibility index (Phi) is 4.61. The van der Waals surface area contributed by atoms with Gasteiger partial charge in [0.25, 0.3) is 5.91 Å². The maximum Gasteiger partial charge on any atom is 0.269 e. The molecular formula is C19H20N4OS. The van der Waals surface area contributed by atoms with Crippen LogP contribution in [0.4, 0.5) is 5.13 Å². The molecule has 1 unspecified atom stereocenters. The summed E-state index contributed by atoms with van der Waals surface area (Å²) in [4.78, 5) is 23.6. The fraction of sp³-hybridized carbons (Fsp3) is 0.316. The van der Waals surface area contributed by atoms with Gasteiger partial charge < -0.3 is 10.2 Å². The molecule has 0 bridgehead atoms. The number of carbonyl (C=O) groups is 1. The Morgan fingerprint density at radius 2 is 2.20 bits per heavy atom. The number of hydrogen-bond donors (Lipinski definition) is 1. The summed E-state index contributed by atoms with van der Waals surface area (Å²) in [6.45, 7) is 2.67. The van der Waals surface area contributed by atoms with E-state index in [1.54, 1.807) is 17.4 Å². The fourth-order valence-electron chi connectivity index (χ4n) is 3.30. The molecule has 5 nitrogen and oxygen atoms in total. The van der Waals surface area contributed by atoms with Crippen LogP contribution in [0.2, 0.25) is 0 Å². The molecule has 0 radical (unpaired) electrons. The van der Waals surface area contributed by atoms with Crippen molar-refractivity contribution in [1.29, 1.82) is 0 Å². The van der Waals surface area contributed by atoms with Gasteiger partial charge in [0.2, 0.25) is 0 Å². The topological polar surface area (TPSA) is 58.1 Å². The van der Waals surface area contributed by atoms with Crippen LogP contribution in [0.5, 0.6) is 0 Å². The van der Waals surface area contributed by atoms with Crippen LogP contribution < -0.4 is 10.2 Å². The first-order chi connectivity index (χ1) is 12.3. The number of fused-ring (bicyclic) bond motifs is 1. The number of hydrogen-bond acceptors (Lipinski definition) is 5. The molecule has 1 aromatic carbocycles. The monoisotopic (exact) mass is 352 g/mol. The van der Waals surface area contributed by atoms with E-state index in [1.165, 1.54) is 0 Å². The highest BCUT2D eigenvalue weighted by Crippen LogP contribution is 2.24. The highest BCUT2D eigenvalue weighted by Gasteiger charge is 2.22. The van der Waals surface area contributed by atoms with Crippen LogP contribution in [0, 0.1) is 5.92 Å². The molecule has 0 aliphatic carbocycles. The summed E-state index contributed by atoms with van der Waals surface area (Å²) in [5.41, 5.74) is 1.33. The number of nitrogens with zero attached hydrogens (tertiary/aromatic N) is 3. The smallest absolute Gasteiger partial charge is 0.269 e. The van der Waals surface area contributed by atoms with E-state index in [4.69, 9.17) is 0 Å². The summed E-state index contributed by atoms with van der Waals surface area (Å²) < 4.78 is 0. The predicted octanol–water partition coefficient (Wildman–Crippen LogP) is 3.34. The van der Waals surface area contributed by atoms with E-state index in [0.29, 0.717) is 18.2 Å². The van der Waals surface area contributed by atoms with Crippen molar-refractivity contribution >= 4 is 33.3 Å². The minimum absolute atomic E-state index is 0.0999. The Bertz CT molecular complexity index is 865. The first-order valence-electron chi connectivity index (χ1n) is 8.58. The maximum atomic E-state index is 12.4. The lowest BCUT2D eigenvalue weighted by atomic mass is 9.98. The molecule has 4 rings (SSSR count). The molecule has 0 saturated carbocycles. The van der Waals surface area contributed by atoms with E-state index in [1.807, 2.05) is 41.9 Å². The number of amides is 1. The summed E-state index contributed by atoms with van der Waals surface area (Å²) >= 11 is 1.67. The summed E-state index contributed by atoms with van der Waals surface area (Å²) in [5, 5.41) is 7.18. The van der Waals surface area contributed by atoms with Gasteiger partial charge in [-0.3, -0.25) is 4.79 Å². The number of anilines is 1. The van der Waals surface area contributed by atoms with Crippen molar-refractivity contribution in [3.63, 3.8) is 0 Å². The number of pyridine rings is 1. The number of piperidine rings is 1. The average molecular weight is 352 g/mol. The summed E-state index contributed by atoms with van der Waals surface area (Å²) in [6, 6.07) is 11.6. The normalized spacial score (nSPS) is 17.6. The minimum atomic E-state index is -0.0999. The Labute approximate surface area is 150 Å². The Morgan fingerprint density at radius 1 is 1.28 bits per heavy atom. The van der Waals surface area contributed by atoms with Gasteiger partial charge >= 0.3 is 0 Å². The quantitative estimate of drug-likeness (QED) is 0.782.